The average molecular weight is 245 g/mol. The van der Waals surface area contributed by atoms with E-state index in [4.69, 9.17) is 4.74 Å². The van der Waals surface area contributed by atoms with Gasteiger partial charge in [0, 0.05) is 18.4 Å². The summed E-state index contributed by atoms with van der Waals surface area (Å²) in [5.41, 5.74) is -0.0320. The first-order valence-electron chi connectivity index (χ1n) is 4.43. The number of non-ortho nitro benzene ring substituents is 1. The zero-order chi connectivity index (χ0) is 12.2. The number of hydrogen-bond donors (Lipinski definition) is 0. The Morgan fingerprint density at radius 3 is 2.31 bits per heavy atom. The van der Waals surface area contributed by atoms with E-state index in [0.29, 0.717) is 5.75 Å². The molecule has 16 heavy (non-hydrogen) atoms. The van der Waals surface area contributed by atoms with Crippen molar-refractivity contribution < 1.29 is 18.1 Å². The first kappa shape index (κ1) is 12.4. The molecule has 0 heterocycles. The molecule has 0 fully saturated rings. The van der Waals surface area contributed by atoms with Crippen LogP contribution in [0.5, 0.6) is 5.75 Å². The number of nitrogens with zero attached hydrogens (tertiary/aromatic N) is 1. The fourth-order valence-electron chi connectivity index (χ4n) is 0.975. The van der Waals surface area contributed by atoms with Gasteiger partial charge < -0.3 is 4.74 Å². The molecular weight excluding hydrogens is 234 g/mol. The van der Waals surface area contributed by atoms with E-state index in [9.17, 15) is 18.5 Å². The van der Waals surface area contributed by atoms with Crippen molar-refractivity contribution in [2.75, 3.05) is 18.6 Å². The average Bonchev–Trinajstić information content (AvgIpc) is 2.16. The zero-order valence-electron chi connectivity index (χ0n) is 8.62. The quantitative estimate of drug-likeness (QED) is 0.571. The van der Waals surface area contributed by atoms with Gasteiger partial charge >= 0.3 is 0 Å². The molecule has 88 valence electrons. The van der Waals surface area contributed by atoms with E-state index in [1.807, 2.05) is 0 Å². The minimum Gasteiger partial charge on any atom is -0.493 e. The number of sulfone groups is 1. The Morgan fingerprint density at radius 2 is 1.88 bits per heavy atom. The van der Waals surface area contributed by atoms with Crippen molar-refractivity contribution in [2.24, 2.45) is 0 Å². The smallest absolute Gasteiger partial charge is 0.269 e. The van der Waals surface area contributed by atoms with Crippen LogP contribution in [0.25, 0.3) is 0 Å². The molecule has 0 saturated heterocycles. The van der Waals surface area contributed by atoms with E-state index >= 15 is 0 Å². The molecule has 0 N–H and O–H groups in total. The first-order valence-corrected chi connectivity index (χ1v) is 6.49. The Bertz CT molecular complexity index is 465. The van der Waals surface area contributed by atoms with Gasteiger partial charge in [-0.25, -0.2) is 8.42 Å². The third-order valence-electron chi connectivity index (χ3n) is 1.77. The predicted molar refractivity (Wildman–Crippen MR) is 58.3 cm³/mol. The van der Waals surface area contributed by atoms with Gasteiger partial charge in [0.25, 0.3) is 5.69 Å². The number of hydrogen-bond acceptors (Lipinski definition) is 5. The molecule has 0 amide bonds. The van der Waals surface area contributed by atoms with Crippen LogP contribution in [-0.4, -0.2) is 32.0 Å². The summed E-state index contributed by atoms with van der Waals surface area (Å²) >= 11 is 0. The number of ether oxygens (including phenoxy) is 1. The largest absolute Gasteiger partial charge is 0.493 e. The van der Waals surface area contributed by atoms with Crippen molar-refractivity contribution in [1.82, 2.24) is 0 Å². The molecule has 1 aromatic carbocycles. The maximum Gasteiger partial charge on any atom is 0.269 e. The third-order valence-corrected chi connectivity index (χ3v) is 2.68. The highest BCUT2D eigenvalue weighted by Gasteiger charge is 2.05. The highest BCUT2D eigenvalue weighted by atomic mass is 32.2. The molecule has 0 bridgehead atoms. The minimum atomic E-state index is -3.05. The van der Waals surface area contributed by atoms with E-state index in [0.717, 1.165) is 6.26 Å². The highest BCUT2D eigenvalue weighted by molar-refractivity contribution is 7.90. The predicted octanol–water partition coefficient (Wildman–Crippen LogP) is 1.02. The molecule has 1 aromatic rings. The Hall–Kier alpha value is -1.63. The van der Waals surface area contributed by atoms with Gasteiger partial charge in [0.2, 0.25) is 0 Å². The van der Waals surface area contributed by atoms with Gasteiger partial charge in [-0.2, -0.15) is 0 Å². The van der Waals surface area contributed by atoms with E-state index in [1.165, 1.54) is 24.3 Å². The molecule has 0 saturated carbocycles. The fraction of sp³-hybridized carbons (Fsp3) is 0.333. The first-order chi connectivity index (χ1) is 7.38. The molecular formula is C9H11NO5S. The molecule has 0 unspecified atom stereocenters. The molecule has 0 aromatic heterocycles. The zero-order valence-corrected chi connectivity index (χ0v) is 9.44. The van der Waals surface area contributed by atoms with Gasteiger partial charge in [-0.15, -0.1) is 0 Å². The Kier molecular flexibility index (Phi) is 3.83. The summed E-state index contributed by atoms with van der Waals surface area (Å²) in [6, 6.07) is 5.46. The molecule has 1 rings (SSSR count). The van der Waals surface area contributed by atoms with Crippen LogP contribution in [0, 0.1) is 10.1 Å². The Labute approximate surface area is 92.9 Å². The van der Waals surface area contributed by atoms with Crippen LogP contribution in [-0.2, 0) is 9.84 Å². The van der Waals surface area contributed by atoms with Crippen molar-refractivity contribution >= 4 is 15.5 Å². The molecule has 0 atom stereocenters. The normalized spacial score (nSPS) is 11.1. The van der Waals surface area contributed by atoms with Gasteiger partial charge in [0.15, 0.2) is 9.84 Å². The van der Waals surface area contributed by atoms with Crippen molar-refractivity contribution in [3.8, 4) is 5.75 Å². The van der Waals surface area contributed by atoms with E-state index < -0.39 is 14.8 Å². The van der Waals surface area contributed by atoms with E-state index in [2.05, 4.69) is 0 Å². The SMILES string of the molecule is CS(=O)(=O)CCOc1ccc([N+](=O)[O-])cc1. The lowest BCUT2D eigenvalue weighted by Crippen LogP contribution is -2.11. The van der Waals surface area contributed by atoms with E-state index in [1.54, 1.807) is 0 Å². The molecule has 0 spiro atoms. The summed E-state index contributed by atoms with van der Waals surface area (Å²) in [6.07, 6.45) is 1.12. The Balaban J connectivity index is 2.53. The maximum atomic E-state index is 10.8. The van der Waals surface area contributed by atoms with Crippen LogP contribution in [0.1, 0.15) is 0 Å². The summed E-state index contributed by atoms with van der Waals surface area (Å²) in [5.74, 6) is 0.332. The maximum absolute atomic E-state index is 10.8. The molecule has 0 radical (unpaired) electrons. The van der Waals surface area contributed by atoms with Gasteiger partial charge in [-0.05, 0) is 12.1 Å². The summed E-state index contributed by atoms with van der Waals surface area (Å²) in [5, 5.41) is 10.3. The standard InChI is InChI=1S/C9H11NO5S/c1-16(13,14)7-6-15-9-4-2-8(3-5-9)10(11)12/h2-5H,6-7H2,1H3. The number of benzene rings is 1. The monoisotopic (exact) mass is 245 g/mol. The van der Waals surface area contributed by atoms with Crippen molar-refractivity contribution in [2.45, 2.75) is 0 Å². The molecule has 0 aliphatic carbocycles. The number of rotatable bonds is 5. The molecule has 6 nitrogen and oxygen atoms in total. The second-order valence-corrected chi connectivity index (χ2v) is 5.49. The minimum absolute atomic E-state index is 0.0320. The summed E-state index contributed by atoms with van der Waals surface area (Å²) < 4.78 is 26.7. The molecule has 0 aliphatic heterocycles. The number of nitro benzene ring substituents is 1. The van der Waals surface area contributed by atoms with Crippen LogP contribution < -0.4 is 4.74 Å². The third kappa shape index (κ3) is 4.26. The van der Waals surface area contributed by atoms with Crippen LogP contribution >= 0.6 is 0 Å². The van der Waals surface area contributed by atoms with Crippen LogP contribution in [0.4, 0.5) is 5.69 Å². The lowest BCUT2D eigenvalue weighted by Gasteiger charge is -2.04. The highest BCUT2D eigenvalue weighted by Crippen LogP contribution is 2.17. The Morgan fingerprint density at radius 1 is 1.31 bits per heavy atom. The van der Waals surface area contributed by atoms with Crippen molar-refractivity contribution in [1.29, 1.82) is 0 Å². The second-order valence-electron chi connectivity index (χ2n) is 3.23. The van der Waals surface area contributed by atoms with Gasteiger partial charge in [-0.3, -0.25) is 10.1 Å². The molecule has 0 aliphatic rings. The lowest BCUT2D eigenvalue weighted by atomic mass is 10.3. The van der Waals surface area contributed by atoms with Crippen LogP contribution in [0.2, 0.25) is 0 Å². The summed E-state index contributed by atoms with van der Waals surface area (Å²) in [6.45, 7) is 0.0383. The topological polar surface area (TPSA) is 86.5 Å². The fourth-order valence-corrected chi connectivity index (χ4v) is 1.36. The second kappa shape index (κ2) is 4.93. The van der Waals surface area contributed by atoms with Crippen LogP contribution in [0.3, 0.4) is 0 Å². The van der Waals surface area contributed by atoms with Gasteiger partial charge in [-0.1, -0.05) is 0 Å². The lowest BCUT2D eigenvalue weighted by molar-refractivity contribution is -0.384. The van der Waals surface area contributed by atoms with Gasteiger partial charge in [0.05, 0.1) is 10.7 Å². The van der Waals surface area contributed by atoms with Crippen molar-refractivity contribution in [3.63, 3.8) is 0 Å². The molecule has 7 heteroatoms. The summed E-state index contributed by atoms with van der Waals surface area (Å²) in [7, 11) is -3.05. The van der Waals surface area contributed by atoms with Gasteiger partial charge in [0.1, 0.15) is 12.4 Å². The number of nitro groups is 1. The van der Waals surface area contributed by atoms with E-state index in [-0.39, 0.29) is 18.0 Å². The van der Waals surface area contributed by atoms with Crippen LogP contribution in [0.15, 0.2) is 24.3 Å². The van der Waals surface area contributed by atoms with Crippen molar-refractivity contribution in [3.05, 3.63) is 34.4 Å². The summed E-state index contributed by atoms with van der Waals surface area (Å²) in [4.78, 5) is 9.83.